The SMILES string of the molecule is CCN(CC)CCCN1C(=O)C(=O)C(=C(O)c2c(C)nc3ccccn23)[C@@H]1c1ccccc1F. The van der Waals surface area contributed by atoms with Crippen molar-refractivity contribution < 1.29 is 19.1 Å². The van der Waals surface area contributed by atoms with Gasteiger partial charge in [0.05, 0.1) is 17.3 Å². The number of rotatable bonds is 8. The second kappa shape index (κ2) is 9.77. The molecule has 8 heteroatoms. The van der Waals surface area contributed by atoms with Crippen LogP contribution >= 0.6 is 0 Å². The van der Waals surface area contributed by atoms with Gasteiger partial charge in [0.1, 0.15) is 17.2 Å². The predicted octanol–water partition coefficient (Wildman–Crippen LogP) is 3.94. The van der Waals surface area contributed by atoms with E-state index in [4.69, 9.17) is 0 Å². The van der Waals surface area contributed by atoms with E-state index in [0.29, 0.717) is 23.5 Å². The summed E-state index contributed by atoms with van der Waals surface area (Å²) in [5.74, 6) is -2.45. The van der Waals surface area contributed by atoms with Crippen molar-refractivity contribution in [2.75, 3.05) is 26.2 Å². The van der Waals surface area contributed by atoms with E-state index in [1.165, 1.54) is 11.0 Å². The number of carbonyl (C=O) groups excluding carboxylic acids is 2. The summed E-state index contributed by atoms with van der Waals surface area (Å²) in [6, 6.07) is 10.4. The quantitative estimate of drug-likeness (QED) is 0.310. The number of hydrogen-bond acceptors (Lipinski definition) is 5. The highest BCUT2D eigenvalue weighted by Gasteiger charge is 2.47. The third kappa shape index (κ3) is 4.09. The van der Waals surface area contributed by atoms with Gasteiger partial charge in [0.2, 0.25) is 0 Å². The molecule has 34 heavy (non-hydrogen) atoms. The topological polar surface area (TPSA) is 78.2 Å². The Bertz CT molecular complexity index is 1260. The molecule has 3 aromatic rings. The van der Waals surface area contributed by atoms with Gasteiger partial charge in [-0.1, -0.05) is 38.1 Å². The molecule has 1 aliphatic rings. The van der Waals surface area contributed by atoms with Gasteiger partial charge in [-0.25, -0.2) is 9.37 Å². The molecule has 178 valence electrons. The molecular formula is C26H29FN4O3. The summed E-state index contributed by atoms with van der Waals surface area (Å²) in [4.78, 5) is 34.4. The van der Waals surface area contributed by atoms with Gasteiger partial charge in [-0.15, -0.1) is 0 Å². The number of ketones is 1. The zero-order chi connectivity index (χ0) is 24.4. The normalized spacial score (nSPS) is 17.9. The monoisotopic (exact) mass is 464 g/mol. The molecule has 1 aliphatic heterocycles. The lowest BCUT2D eigenvalue weighted by molar-refractivity contribution is -0.140. The highest BCUT2D eigenvalue weighted by Crippen LogP contribution is 2.40. The number of amides is 1. The zero-order valence-electron chi connectivity index (χ0n) is 19.7. The smallest absolute Gasteiger partial charge is 0.295 e. The molecular weight excluding hydrogens is 435 g/mol. The number of likely N-dealkylation sites (tertiary alicyclic amines) is 1. The minimum absolute atomic E-state index is 0.119. The van der Waals surface area contributed by atoms with Crippen molar-refractivity contribution in [3.63, 3.8) is 0 Å². The molecule has 3 heterocycles. The van der Waals surface area contributed by atoms with E-state index in [2.05, 4.69) is 23.7 Å². The maximum absolute atomic E-state index is 15.0. The van der Waals surface area contributed by atoms with E-state index in [-0.39, 0.29) is 23.4 Å². The molecule has 2 aromatic heterocycles. The molecule has 1 N–H and O–H groups in total. The molecule has 0 radical (unpaired) electrons. The van der Waals surface area contributed by atoms with Crippen LogP contribution in [-0.4, -0.2) is 62.2 Å². The van der Waals surface area contributed by atoms with Crippen LogP contribution in [0.2, 0.25) is 0 Å². The number of benzene rings is 1. The Morgan fingerprint density at radius 1 is 1.12 bits per heavy atom. The summed E-state index contributed by atoms with van der Waals surface area (Å²) < 4.78 is 16.6. The maximum Gasteiger partial charge on any atom is 0.295 e. The van der Waals surface area contributed by atoms with Crippen molar-refractivity contribution in [1.82, 2.24) is 19.2 Å². The summed E-state index contributed by atoms with van der Waals surface area (Å²) in [5.41, 5.74) is 1.48. The van der Waals surface area contributed by atoms with Crippen molar-refractivity contribution in [2.24, 2.45) is 0 Å². The van der Waals surface area contributed by atoms with Crippen molar-refractivity contribution in [2.45, 2.75) is 33.2 Å². The van der Waals surface area contributed by atoms with Crippen LogP contribution in [0.1, 0.15) is 43.3 Å². The molecule has 0 aliphatic carbocycles. The zero-order valence-corrected chi connectivity index (χ0v) is 19.7. The number of aromatic nitrogens is 2. The van der Waals surface area contributed by atoms with Crippen LogP contribution in [0.25, 0.3) is 11.4 Å². The summed E-state index contributed by atoms with van der Waals surface area (Å²) in [5, 5.41) is 11.4. The van der Waals surface area contributed by atoms with Crippen LogP contribution in [-0.2, 0) is 9.59 Å². The van der Waals surface area contributed by atoms with Crippen LogP contribution in [0.5, 0.6) is 0 Å². The number of aryl methyl sites for hydroxylation is 1. The van der Waals surface area contributed by atoms with Crippen LogP contribution < -0.4 is 0 Å². The van der Waals surface area contributed by atoms with E-state index >= 15 is 0 Å². The van der Waals surface area contributed by atoms with E-state index in [0.717, 1.165) is 19.6 Å². The van der Waals surface area contributed by atoms with Crippen molar-refractivity contribution in [3.8, 4) is 0 Å². The Kier molecular flexibility index (Phi) is 6.79. The van der Waals surface area contributed by atoms with Crippen LogP contribution in [0, 0.1) is 12.7 Å². The van der Waals surface area contributed by atoms with Crippen LogP contribution in [0.15, 0.2) is 54.2 Å². The summed E-state index contributed by atoms with van der Waals surface area (Å²) in [6.07, 6.45) is 2.34. The lowest BCUT2D eigenvalue weighted by Gasteiger charge is -2.27. The molecule has 7 nitrogen and oxygen atoms in total. The Morgan fingerprint density at radius 3 is 2.53 bits per heavy atom. The fourth-order valence-electron chi connectivity index (χ4n) is 4.66. The molecule has 1 aromatic carbocycles. The molecule has 0 unspecified atom stereocenters. The summed E-state index contributed by atoms with van der Waals surface area (Å²) in [6.45, 7) is 8.61. The minimum atomic E-state index is -1.02. The Morgan fingerprint density at radius 2 is 1.82 bits per heavy atom. The first-order valence-electron chi connectivity index (χ1n) is 11.6. The highest BCUT2D eigenvalue weighted by atomic mass is 19.1. The summed E-state index contributed by atoms with van der Waals surface area (Å²) >= 11 is 0. The lowest BCUT2D eigenvalue weighted by atomic mass is 9.95. The van der Waals surface area contributed by atoms with E-state index in [1.54, 1.807) is 47.9 Å². The number of nitrogens with zero attached hydrogens (tertiary/aromatic N) is 4. The highest BCUT2D eigenvalue weighted by molar-refractivity contribution is 6.46. The second-order valence-electron chi connectivity index (χ2n) is 8.37. The first kappa shape index (κ1) is 23.6. The lowest BCUT2D eigenvalue weighted by Crippen LogP contribution is -2.33. The molecule has 1 saturated heterocycles. The molecule has 1 amide bonds. The van der Waals surface area contributed by atoms with Gasteiger partial charge in [0.15, 0.2) is 5.76 Å². The number of Topliss-reactive ketones (excluding diaryl/α,β-unsaturated/α-hetero) is 1. The number of aliphatic hydroxyl groups excluding tert-OH is 1. The Balaban J connectivity index is 1.83. The van der Waals surface area contributed by atoms with Gasteiger partial charge >= 0.3 is 0 Å². The van der Waals surface area contributed by atoms with Gasteiger partial charge in [-0.05, 0) is 51.2 Å². The van der Waals surface area contributed by atoms with Gasteiger partial charge in [0.25, 0.3) is 11.7 Å². The second-order valence-corrected chi connectivity index (χ2v) is 8.37. The fraction of sp³-hybridized carbons (Fsp3) is 0.346. The van der Waals surface area contributed by atoms with Gasteiger partial charge in [-0.2, -0.15) is 0 Å². The average molecular weight is 465 g/mol. The molecule has 4 rings (SSSR count). The van der Waals surface area contributed by atoms with Crippen LogP contribution in [0.4, 0.5) is 4.39 Å². The number of pyridine rings is 1. The third-order valence-electron chi connectivity index (χ3n) is 6.44. The van der Waals surface area contributed by atoms with Crippen molar-refractivity contribution >= 4 is 23.1 Å². The van der Waals surface area contributed by atoms with Crippen LogP contribution in [0.3, 0.4) is 0 Å². The van der Waals surface area contributed by atoms with Crippen molar-refractivity contribution in [1.29, 1.82) is 0 Å². The predicted molar refractivity (Wildman–Crippen MR) is 128 cm³/mol. The first-order chi connectivity index (χ1) is 16.4. The Hall–Kier alpha value is -3.52. The number of aliphatic hydroxyl groups is 1. The van der Waals surface area contributed by atoms with Crippen molar-refractivity contribution in [3.05, 3.63) is 77.0 Å². The molecule has 0 bridgehead atoms. The van der Waals surface area contributed by atoms with Gasteiger partial charge in [-0.3, -0.25) is 14.0 Å². The van der Waals surface area contributed by atoms with E-state index in [1.807, 2.05) is 6.07 Å². The number of hydrogen-bond donors (Lipinski definition) is 1. The summed E-state index contributed by atoms with van der Waals surface area (Å²) in [7, 11) is 0. The number of halogens is 1. The number of fused-ring (bicyclic) bond motifs is 1. The van der Waals surface area contributed by atoms with Gasteiger partial charge in [0, 0.05) is 18.3 Å². The van der Waals surface area contributed by atoms with E-state index < -0.39 is 23.5 Å². The minimum Gasteiger partial charge on any atom is -0.505 e. The Labute approximate surface area is 198 Å². The molecule has 0 saturated carbocycles. The average Bonchev–Trinajstić information content (AvgIpc) is 3.30. The molecule has 0 spiro atoms. The third-order valence-corrected chi connectivity index (χ3v) is 6.44. The van der Waals surface area contributed by atoms with E-state index in [9.17, 15) is 19.1 Å². The standard InChI is InChI=1S/C26H29FN4O3/c1-4-29(5-2)14-10-16-31-23(18-11-6-7-12-19(18)27)21(25(33)26(31)34)24(32)22-17(3)28-20-13-8-9-15-30(20)22/h6-9,11-13,15,23,32H,4-5,10,14,16H2,1-3H3/t23-/m0/s1. The van der Waals surface area contributed by atoms with Gasteiger partial charge < -0.3 is 14.9 Å². The number of imidazole rings is 1. The maximum atomic E-state index is 15.0. The molecule has 1 fully saturated rings. The first-order valence-corrected chi connectivity index (χ1v) is 11.6. The number of carbonyl (C=O) groups is 2. The molecule has 1 atom stereocenters. The fourth-order valence-corrected chi connectivity index (χ4v) is 4.66. The largest absolute Gasteiger partial charge is 0.505 e.